The fourth-order valence-corrected chi connectivity index (χ4v) is 3.01. The zero-order chi connectivity index (χ0) is 20.8. The van der Waals surface area contributed by atoms with Crippen molar-refractivity contribution in [2.24, 2.45) is 0 Å². The van der Waals surface area contributed by atoms with Crippen molar-refractivity contribution in [3.05, 3.63) is 77.0 Å². The Hall–Kier alpha value is -3.34. The van der Waals surface area contributed by atoms with Gasteiger partial charge in [0.2, 0.25) is 0 Å². The number of aryl methyl sites for hydroxylation is 3. The molecule has 1 amide bonds. The van der Waals surface area contributed by atoms with Gasteiger partial charge in [-0.1, -0.05) is 31.5 Å². The van der Waals surface area contributed by atoms with Crippen LogP contribution in [0.1, 0.15) is 46.9 Å². The predicted octanol–water partition coefficient (Wildman–Crippen LogP) is 5.67. The Labute approximate surface area is 171 Å². The summed E-state index contributed by atoms with van der Waals surface area (Å²) in [5.41, 5.74) is 9.89. The van der Waals surface area contributed by atoms with Crippen molar-refractivity contribution in [2.45, 2.75) is 40.0 Å². The molecule has 0 fully saturated rings. The van der Waals surface area contributed by atoms with Gasteiger partial charge in [-0.2, -0.15) is 0 Å². The Bertz CT molecular complexity index is 998. The van der Waals surface area contributed by atoms with E-state index in [1.807, 2.05) is 56.3 Å². The number of hydrogen-bond donors (Lipinski definition) is 2. The van der Waals surface area contributed by atoms with Gasteiger partial charge >= 0.3 is 0 Å². The number of pyridine rings is 1. The third-order valence-corrected chi connectivity index (χ3v) is 4.85. The van der Waals surface area contributed by atoms with Gasteiger partial charge in [0.15, 0.2) is 0 Å². The maximum atomic E-state index is 12.6. The van der Waals surface area contributed by atoms with Crippen LogP contribution in [0.4, 0.5) is 11.5 Å². The second kappa shape index (κ2) is 9.24. The van der Waals surface area contributed by atoms with Crippen LogP contribution in [0, 0.1) is 13.8 Å². The summed E-state index contributed by atoms with van der Waals surface area (Å²) in [6, 6.07) is 17.2. The molecule has 0 spiro atoms. The SMILES string of the molecule is CCCCc1ccccc1Oc1ccc(NC(=O)c2cc(C)c(C)nc2N)cc1. The topological polar surface area (TPSA) is 77.2 Å². The van der Waals surface area contributed by atoms with E-state index in [-0.39, 0.29) is 11.7 Å². The maximum Gasteiger partial charge on any atom is 0.259 e. The lowest BCUT2D eigenvalue weighted by molar-refractivity contribution is 0.102. The number of aromatic nitrogens is 1. The minimum atomic E-state index is -0.281. The second-order valence-corrected chi connectivity index (χ2v) is 7.12. The number of nitrogens with zero attached hydrogens (tertiary/aromatic N) is 1. The summed E-state index contributed by atoms with van der Waals surface area (Å²) in [7, 11) is 0. The number of para-hydroxylation sites is 1. The summed E-state index contributed by atoms with van der Waals surface area (Å²) in [5, 5.41) is 2.86. The number of anilines is 2. The number of ether oxygens (including phenoxy) is 1. The standard InChI is InChI=1S/C24H27N3O2/c1-4-5-8-18-9-6-7-10-22(18)29-20-13-11-19(12-14-20)27-24(28)21-15-16(2)17(3)26-23(21)25/h6-7,9-15H,4-5,8H2,1-3H3,(H2,25,26)(H,27,28). The monoisotopic (exact) mass is 389 g/mol. The molecular weight excluding hydrogens is 362 g/mol. The summed E-state index contributed by atoms with van der Waals surface area (Å²) in [6.45, 7) is 5.95. The number of carbonyl (C=O) groups excluding carboxylic acids is 1. The molecule has 0 aliphatic heterocycles. The lowest BCUT2D eigenvalue weighted by Gasteiger charge is -2.12. The normalized spacial score (nSPS) is 10.6. The van der Waals surface area contributed by atoms with Gasteiger partial charge in [-0.3, -0.25) is 4.79 Å². The largest absolute Gasteiger partial charge is 0.457 e. The first-order valence-corrected chi connectivity index (χ1v) is 9.88. The Kier molecular flexibility index (Phi) is 6.50. The number of carbonyl (C=O) groups is 1. The minimum absolute atomic E-state index is 0.231. The summed E-state index contributed by atoms with van der Waals surface area (Å²) in [5.74, 6) is 1.54. The van der Waals surface area contributed by atoms with E-state index in [0.717, 1.165) is 42.0 Å². The van der Waals surface area contributed by atoms with Gasteiger partial charge in [0.25, 0.3) is 5.91 Å². The van der Waals surface area contributed by atoms with Crippen LogP contribution in [-0.4, -0.2) is 10.9 Å². The molecule has 3 N–H and O–H groups in total. The fraction of sp³-hybridized carbons (Fsp3) is 0.250. The van der Waals surface area contributed by atoms with E-state index < -0.39 is 0 Å². The molecule has 2 aromatic carbocycles. The second-order valence-electron chi connectivity index (χ2n) is 7.12. The molecule has 1 aromatic heterocycles. The van der Waals surface area contributed by atoms with E-state index in [2.05, 4.69) is 23.3 Å². The maximum absolute atomic E-state index is 12.6. The molecular formula is C24H27N3O2. The molecule has 0 aliphatic carbocycles. The number of nitrogens with one attached hydrogen (secondary N) is 1. The van der Waals surface area contributed by atoms with Gasteiger partial charge in [0, 0.05) is 11.4 Å². The van der Waals surface area contributed by atoms with Crippen molar-refractivity contribution in [1.29, 1.82) is 0 Å². The van der Waals surface area contributed by atoms with Crippen LogP contribution >= 0.6 is 0 Å². The Morgan fingerprint density at radius 1 is 1.10 bits per heavy atom. The molecule has 1 heterocycles. The van der Waals surface area contributed by atoms with Gasteiger partial charge in [-0.25, -0.2) is 4.98 Å². The van der Waals surface area contributed by atoms with Gasteiger partial charge in [0.1, 0.15) is 17.3 Å². The summed E-state index contributed by atoms with van der Waals surface area (Å²) in [6.07, 6.45) is 3.26. The van der Waals surface area contributed by atoms with Crippen LogP contribution in [0.15, 0.2) is 54.6 Å². The van der Waals surface area contributed by atoms with Crippen molar-refractivity contribution in [3.8, 4) is 11.5 Å². The van der Waals surface area contributed by atoms with Crippen molar-refractivity contribution in [3.63, 3.8) is 0 Å². The highest BCUT2D eigenvalue weighted by Gasteiger charge is 2.13. The highest BCUT2D eigenvalue weighted by molar-refractivity contribution is 6.07. The average Bonchev–Trinajstić information content (AvgIpc) is 2.71. The van der Waals surface area contributed by atoms with Gasteiger partial charge in [-0.05, 0) is 74.2 Å². The third-order valence-electron chi connectivity index (χ3n) is 4.85. The highest BCUT2D eigenvalue weighted by Crippen LogP contribution is 2.27. The van der Waals surface area contributed by atoms with E-state index in [1.54, 1.807) is 6.07 Å². The van der Waals surface area contributed by atoms with Crippen LogP contribution in [-0.2, 0) is 6.42 Å². The molecule has 0 unspecified atom stereocenters. The van der Waals surface area contributed by atoms with Crippen LogP contribution < -0.4 is 15.8 Å². The molecule has 0 saturated carbocycles. The molecule has 5 heteroatoms. The Balaban J connectivity index is 1.70. The lowest BCUT2D eigenvalue weighted by Crippen LogP contribution is -2.15. The molecule has 29 heavy (non-hydrogen) atoms. The van der Waals surface area contributed by atoms with Crippen molar-refractivity contribution in [2.75, 3.05) is 11.1 Å². The smallest absolute Gasteiger partial charge is 0.259 e. The van der Waals surface area contributed by atoms with Gasteiger partial charge in [-0.15, -0.1) is 0 Å². The molecule has 150 valence electrons. The summed E-state index contributed by atoms with van der Waals surface area (Å²) in [4.78, 5) is 16.8. The Morgan fingerprint density at radius 2 is 1.83 bits per heavy atom. The predicted molar refractivity (Wildman–Crippen MR) is 118 cm³/mol. The van der Waals surface area contributed by atoms with Crippen LogP contribution in [0.5, 0.6) is 11.5 Å². The number of unbranched alkanes of at least 4 members (excludes halogenated alkanes) is 1. The van der Waals surface area contributed by atoms with E-state index in [0.29, 0.717) is 11.3 Å². The fourth-order valence-electron chi connectivity index (χ4n) is 3.01. The number of nitrogens with two attached hydrogens (primary N) is 1. The highest BCUT2D eigenvalue weighted by atomic mass is 16.5. The number of benzene rings is 2. The molecule has 0 bridgehead atoms. The number of hydrogen-bond acceptors (Lipinski definition) is 4. The Morgan fingerprint density at radius 3 is 2.55 bits per heavy atom. The van der Waals surface area contributed by atoms with Crippen molar-refractivity contribution >= 4 is 17.4 Å². The summed E-state index contributed by atoms with van der Waals surface area (Å²) >= 11 is 0. The van der Waals surface area contributed by atoms with Crippen LogP contribution in [0.25, 0.3) is 0 Å². The number of amides is 1. The molecule has 3 aromatic rings. The van der Waals surface area contributed by atoms with E-state index in [1.165, 1.54) is 5.56 Å². The quantitative estimate of drug-likeness (QED) is 0.546. The lowest BCUT2D eigenvalue weighted by atomic mass is 10.1. The molecule has 5 nitrogen and oxygen atoms in total. The van der Waals surface area contributed by atoms with Crippen molar-refractivity contribution < 1.29 is 9.53 Å². The first-order valence-electron chi connectivity index (χ1n) is 9.88. The molecule has 3 rings (SSSR count). The van der Waals surface area contributed by atoms with E-state index >= 15 is 0 Å². The summed E-state index contributed by atoms with van der Waals surface area (Å²) < 4.78 is 6.06. The minimum Gasteiger partial charge on any atom is -0.457 e. The molecule has 0 saturated heterocycles. The first-order chi connectivity index (χ1) is 14.0. The number of rotatable bonds is 7. The van der Waals surface area contributed by atoms with E-state index in [9.17, 15) is 4.79 Å². The van der Waals surface area contributed by atoms with E-state index in [4.69, 9.17) is 10.5 Å². The van der Waals surface area contributed by atoms with Crippen LogP contribution in [0.3, 0.4) is 0 Å². The zero-order valence-electron chi connectivity index (χ0n) is 17.2. The molecule has 0 aliphatic rings. The van der Waals surface area contributed by atoms with Crippen LogP contribution in [0.2, 0.25) is 0 Å². The van der Waals surface area contributed by atoms with Gasteiger partial charge < -0.3 is 15.8 Å². The average molecular weight is 389 g/mol. The molecule has 0 atom stereocenters. The number of nitrogen functional groups attached to an aromatic ring is 1. The zero-order valence-corrected chi connectivity index (χ0v) is 17.2. The van der Waals surface area contributed by atoms with Gasteiger partial charge in [0.05, 0.1) is 5.56 Å². The van der Waals surface area contributed by atoms with Crippen molar-refractivity contribution in [1.82, 2.24) is 4.98 Å². The third kappa shape index (κ3) is 5.13. The first kappa shape index (κ1) is 20.4. The molecule has 0 radical (unpaired) electrons.